The van der Waals surface area contributed by atoms with Crippen molar-refractivity contribution in [2.75, 3.05) is 10.0 Å². The maximum atomic E-state index is 12.5. The van der Waals surface area contributed by atoms with Crippen LogP contribution in [0.1, 0.15) is 12.5 Å². The summed E-state index contributed by atoms with van der Waals surface area (Å²) >= 11 is 11.9. The van der Waals surface area contributed by atoms with Crippen molar-refractivity contribution < 1.29 is 18.1 Å². The largest absolute Gasteiger partial charge is 0.325 e. The Morgan fingerprint density at radius 2 is 1.81 bits per heavy atom. The zero-order valence-electron chi connectivity index (χ0n) is 13.5. The Morgan fingerprint density at radius 1 is 1.15 bits per heavy atom. The van der Waals surface area contributed by atoms with Gasteiger partial charge in [-0.1, -0.05) is 23.2 Å². The fraction of sp³-hybridized carbons (Fsp3) is 0.133. The zero-order valence-corrected chi connectivity index (χ0v) is 15.9. The molecule has 11 heteroatoms. The highest BCUT2D eigenvalue weighted by Crippen LogP contribution is 2.31. The number of nitrogens with one attached hydrogen (secondary N) is 2. The van der Waals surface area contributed by atoms with Crippen molar-refractivity contribution in [3.8, 4) is 0 Å². The molecule has 0 fully saturated rings. The summed E-state index contributed by atoms with van der Waals surface area (Å²) in [5.41, 5.74) is 0.190. The molecule has 0 heterocycles. The molecule has 2 rings (SSSR count). The second-order valence-electron chi connectivity index (χ2n) is 5.29. The van der Waals surface area contributed by atoms with Gasteiger partial charge in [-0.2, -0.15) is 0 Å². The van der Waals surface area contributed by atoms with Gasteiger partial charge in [0.2, 0.25) is 5.91 Å². The minimum Gasteiger partial charge on any atom is -0.325 e. The lowest BCUT2D eigenvalue weighted by molar-refractivity contribution is -0.385. The summed E-state index contributed by atoms with van der Waals surface area (Å²) in [6.07, 6.45) is 0. The van der Waals surface area contributed by atoms with E-state index in [0.717, 1.165) is 12.1 Å². The third-order valence-corrected chi connectivity index (χ3v) is 5.40. The number of anilines is 2. The summed E-state index contributed by atoms with van der Waals surface area (Å²) in [5.74, 6) is -0.332. The number of carbonyl (C=O) groups is 1. The molecule has 0 aromatic heterocycles. The number of nitro benzene ring substituents is 1. The number of benzene rings is 2. The van der Waals surface area contributed by atoms with Gasteiger partial charge in [0.25, 0.3) is 15.7 Å². The van der Waals surface area contributed by atoms with Gasteiger partial charge in [0, 0.05) is 18.6 Å². The number of rotatable bonds is 5. The molecule has 0 bridgehead atoms. The molecule has 0 atom stereocenters. The lowest BCUT2D eigenvalue weighted by Crippen LogP contribution is -2.14. The molecule has 8 nitrogen and oxygen atoms in total. The van der Waals surface area contributed by atoms with Crippen molar-refractivity contribution in [1.82, 2.24) is 0 Å². The molecule has 0 radical (unpaired) electrons. The molecule has 0 aliphatic carbocycles. The van der Waals surface area contributed by atoms with Gasteiger partial charge in [-0.25, -0.2) is 8.42 Å². The van der Waals surface area contributed by atoms with E-state index >= 15 is 0 Å². The first-order valence-corrected chi connectivity index (χ1v) is 9.29. The fourth-order valence-corrected chi connectivity index (χ4v) is 3.67. The monoisotopic (exact) mass is 417 g/mol. The zero-order chi connectivity index (χ0) is 19.6. The van der Waals surface area contributed by atoms with Gasteiger partial charge in [-0.3, -0.25) is 19.6 Å². The van der Waals surface area contributed by atoms with Crippen LogP contribution in [-0.2, 0) is 14.8 Å². The average Bonchev–Trinajstić information content (AvgIpc) is 2.51. The van der Waals surface area contributed by atoms with Crippen LogP contribution in [0.3, 0.4) is 0 Å². The van der Waals surface area contributed by atoms with E-state index in [-0.39, 0.29) is 32.1 Å². The normalized spacial score (nSPS) is 11.1. The fourth-order valence-electron chi connectivity index (χ4n) is 2.07. The van der Waals surface area contributed by atoms with Crippen LogP contribution in [0.25, 0.3) is 0 Å². The van der Waals surface area contributed by atoms with Gasteiger partial charge in [0.05, 0.1) is 31.2 Å². The summed E-state index contributed by atoms with van der Waals surface area (Å²) in [4.78, 5) is 21.1. The highest BCUT2D eigenvalue weighted by Gasteiger charge is 2.23. The van der Waals surface area contributed by atoms with Crippen LogP contribution >= 0.6 is 23.2 Å². The highest BCUT2D eigenvalue weighted by atomic mass is 35.5. The smallest absolute Gasteiger partial charge is 0.275 e. The lowest BCUT2D eigenvalue weighted by Gasteiger charge is -2.11. The Balaban J connectivity index is 2.39. The van der Waals surface area contributed by atoms with Gasteiger partial charge < -0.3 is 5.32 Å². The number of halogens is 2. The number of nitrogens with zero attached hydrogens (tertiary/aromatic N) is 1. The Hall–Kier alpha value is -2.36. The predicted octanol–water partition coefficient (Wildman–Crippen LogP) is 3.97. The van der Waals surface area contributed by atoms with Crippen LogP contribution in [0.15, 0.2) is 35.2 Å². The number of hydrogen-bond acceptors (Lipinski definition) is 5. The van der Waals surface area contributed by atoms with Crippen molar-refractivity contribution in [3.63, 3.8) is 0 Å². The van der Waals surface area contributed by atoms with E-state index in [0.29, 0.717) is 5.69 Å². The highest BCUT2D eigenvalue weighted by molar-refractivity contribution is 7.92. The lowest BCUT2D eigenvalue weighted by atomic mass is 10.2. The van der Waals surface area contributed by atoms with Crippen LogP contribution in [0, 0.1) is 17.0 Å². The molecule has 0 unspecified atom stereocenters. The van der Waals surface area contributed by atoms with Crippen molar-refractivity contribution in [2.45, 2.75) is 18.7 Å². The third-order valence-electron chi connectivity index (χ3n) is 3.33. The first-order chi connectivity index (χ1) is 12.0. The topological polar surface area (TPSA) is 118 Å². The standard InChI is InChI=1S/C15H13Cl2N3O5S/c1-8-12(16)6-11(7-15(8)20(22)23)26(24,25)19-10-3-4-14(13(17)5-10)18-9(2)21/h3-7,19H,1-2H3,(H,18,21). The summed E-state index contributed by atoms with van der Waals surface area (Å²) in [6.45, 7) is 2.73. The van der Waals surface area contributed by atoms with E-state index in [1.165, 1.54) is 32.0 Å². The molecule has 2 aromatic carbocycles. The van der Waals surface area contributed by atoms with Crippen molar-refractivity contribution >= 4 is 56.2 Å². The van der Waals surface area contributed by atoms with E-state index in [1.54, 1.807) is 0 Å². The van der Waals surface area contributed by atoms with Crippen molar-refractivity contribution in [1.29, 1.82) is 0 Å². The van der Waals surface area contributed by atoms with Gasteiger partial charge in [-0.05, 0) is 31.2 Å². The molecule has 2 aromatic rings. The maximum Gasteiger partial charge on any atom is 0.275 e. The Labute approximate surface area is 159 Å². The number of hydrogen-bond donors (Lipinski definition) is 2. The summed E-state index contributed by atoms with van der Waals surface area (Å²) < 4.78 is 27.3. The van der Waals surface area contributed by atoms with Gasteiger partial charge in [-0.15, -0.1) is 0 Å². The van der Waals surface area contributed by atoms with Crippen molar-refractivity contribution in [3.05, 3.63) is 56.1 Å². The predicted molar refractivity (Wildman–Crippen MR) is 99.4 cm³/mol. The van der Waals surface area contributed by atoms with E-state index < -0.39 is 20.6 Å². The van der Waals surface area contributed by atoms with E-state index in [4.69, 9.17) is 23.2 Å². The number of nitro groups is 1. The van der Waals surface area contributed by atoms with Gasteiger partial charge in [0.1, 0.15) is 0 Å². The molecule has 26 heavy (non-hydrogen) atoms. The molecular weight excluding hydrogens is 405 g/mol. The first kappa shape index (κ1) is 20.0. The minimum atomic E-state index is -4.15. The summed E-state index contributed by atoms with van der Waals surface area (Å²) in [7, 11) is -4.15. The van der Waals surface area contributed by atoms with E-state index in [1.807, 2.05) is 0 Å². The van der Waals surface area contributed by atoms with Gasteiger partial charge >= 0.3 is 0 Å². The van der Waals surface area contributed by atoms with Gasteiger partial charge in [0.15, 0.2) is 0 Å². The SMILES string of the molecule is CC(=O)Nc1ccc(NS(=O)(=O)c2cc(Cl)c(C)c([N+](=O)[O-])c2)cc1Cl. The molecule has 0 aliphatic rings. The average molecular weight is 418 g/mol. The molecule has 0 saturated heterocycles. The summed E-state index contributed by atoms with van der Waals surface area (Å²) in [6, 6.07) is 6.16. The maximum absolute atomic E-state index is 12.5. The molecule has 0 aliphatic heterocycles. The Kier molecular flexibility index (Phi) is 5.74. The summed E-state index contributed by atoms with van der Waals surface area (Å²) in [5, 5.41) is 13.6. The van der Waals surface area contributed by atoms with E-state index in [9.17, 15) is 23.3 Å². The molecular formula is C15H13Cl2N3O5S. The molecule has 2 N–H and O–H groups in total. The Morgan fingerprint density at radius 3 is 2.35 bits per heavy atom. The second kappa shape index (κ2) is 7.48. The minimum absolute atomic E-state index is 0.0430. The number of sulfonamides is 1. The number of amides is 1. The molecule has 0 spiro atoms. The van der Waals surface area contributed by atoms with Crippen LogP contribution in [0.5, 0.6) is 0 Å². The third kappa shape index (κ3) is 4.43. The Bertz CT molecular complexity index is 1010. The van der Waals surface area contributed by atoms with Crippen LogP contribution in [0.2, 0.25) is 10.0 Å². The van der Waals surface area contributed by atoms with Crippen LogP contribution in [-0.4, -0.2) is 19.2 Å². The first-order valence-electron chi connectivity index (χ1n) is 7.06. The van der Waals surface area contributed by atoms with E-state index in [2.05, 4.69) is 10.0 Å². The quantitative estimate of drug-likeness (QED) is 0.563. The molecule has 0 saturated carbocycles. The van der Waals surface area contributed by atoms with Crippen molar-refractivity contribution in [2.24, 2.45) is 0 Å². The second-order valence-corrected chi connectivity index (χ2v) is 7.78. The molecule has 138 valence electrons. The van der Waals surface area contributed by atoms with Crippen LogP contribution < -0.4 is 10.0 Å². The molecule has 1 amide bonds. The van der Waals surface area contributed by atoms with Crippen LogP contribution in [0.4, 0.5) is 17.1 Å². The number of carbonyl (C=O) groups excluding carboxylic acids is 1.